The predicted molar refractivity (Wildman–Crippen MR) is 97.4 cm³/mol. The van der Waals surface area contributed by atoms with Gasteiger partial charge in [0.05, 0.1) is 19.3 Å². The van der Waals surface area contributed by atoms with Crippen LogP contribution in [-0.2, 0) is 11.3 Å². The number of anilines is 1. The molecule has 1 saturated heterocycles. The molecular formula is C18H31N5O2. The van der Waals surface area contributed by atoms with Gasteiger partial charge in [-0.25, -0.2) is 4.68 Å². The Kier molecular flexibility index (Phi) is 6.84. The molecule has 0 aromatic carbocycles. The van der Waals surface area contributed by atoms with E-state index in [1.165, 1.54) is 32.1 Å². The number of piperazine rings is 1. The molecule has 1 aliphatic carbocycles. The minimum Gasteiger partial charge on any atom is -0.395 e. The monoisotopic (exact) mass is 349 g/mol. The number of rotatable bonds is 7. The molecule has 0 spiro atoms. The van der Waals surface area contributed by atoms with E-state index in [0.29, 0.717) is 12.5 Å². The molecule has 3 rings (SSSR count). The lowest BCUT2D eigenvalue weighted by Crippen LogP contribution is -2.49. The molecule has 1 amide bonds. The van der Waals surface area contributed by atoms with Crippen molar-refractivity contribution in [3.05, 3.63) is 12.3 Å². The average molecular weight is 349 g/mol. The molecule has 7 heteroatoms. The van der Waals surface area contributed by atoms with Crippen LogP contribution in [0.15, 0.2) is 12.3 Å². The van der Waals surface area contributed by atoms with Crippen molar-refractivity contribution in [3.63, 3.8) is 0 Å². The van der Waals surface area contributed by atoms with Gasteiger partial charge in [-0.3, -0.25) is 14.6 Å². The van der Waals surface area contributed by atoms with E-state index in [9.17, 15) is 4.79 Å². The number of carbonyl (C=O) groups excluding carboxylic acids is 1. The number of hydrogen-bond acceptors (Lipinski definition) is 5. The SMILES string of the molecule is O=C(CN1CCN(CCO)CC1)Nc1ccnn1CC1CCCCC1. The van der Waals surface area contributed by atoms with Crippen LogP contribution < -0.4 is 5.32 Å². The fourth-order valence-electron chi connectivity index (χ4n) is 3.90. The number of hydrogen-bond donors (Lipinski definition) is 2. The average Bonchev–Trinajstić information content (AvgIpc) is 3.04. The van der Waals surface area contributed by atoms with E-state index < -0.39 is 0 Å². The molecule has 7 nitrogen and oxygen atoms in total. The Balaban J connectivity index is 1.44. The highest BCUT2D eigenvalue weighted by molar-refractivity contribution is 5.91. The predicted octanol–water partition coefficient (Wildman–Crippen LogP) is 1.01. The van der Waals surface area contributed by atoms with Gasteiger partial charge in [0.25, 0.3) is 0 Å². The van der Waals surface area contributed by atoms with Gasteiger partial charge in [-0.15, -0.1) is 0 Å². The van der Waals surface area contributed by atoms with Crippen LogP contribution in [0.3, 0.4) is 0 Å². The largest absolute Gasteiger partial charge is 0.395 e. The molecule has 1 saturated carbocycles. The van der Waals surface area contributed by atoms with Crippen molar-refractivity contribution in [2.24, 2.45) is 5.92 Å². The molecule has 0 unspecified atom stereocenters. The van der Waals surface area contributed by atoms with Crippen molar-refractivity contribution in [1.29, 1.82) is 0 Å². The standard InChI is InChI=1S/C18H31N5O2/c24-13-12-21-8-10-22(11-9-21)15-18(25)20-17-6-7-19-23(17)14-16-4-2-1-3-5-16/h6-7,16,24H,1-5,8-15H2,(H,20,25). The summed E-state index contributed by atoms with van der Waals surface area (Å²) in [5.74, 6) is 1.53. The molecule has 2 fully saturated rings. The Bertz CT molecular complexity index is 533. The maximum atomic E-state index is 12.4. The Morgan fingerprint density at radius 1 is 1.16 bits per heavy atom. The number of nitrogens with zero attached hydrogens (tertiary/aromatic N) is 4. The number of amides is 1. The third kappa shape index (κ3) is 5.52. The zero-order valence-corrected chi connectivity index (χ0v) is 15.1. The van der Waals surface area contributed by atoms with Crippen molar-refractivity contribution in [2.45, 2.75) is 38.6 Å². The van der Waals surface area contributed by atoms with Crippen molar-refractivity contribution in [3.8, 4) is 0 Å². The third-order valence-electron chi connectivity index (χ3n) is 5.39. The van der Waals surface area contributed by atoms with Gasteiger partial charge in [0.15, 0.2) is 0 Å². The molecule has 1 aliphatic heterocycles. The van der Waals surface area contributed by atoms with Crippen molar-refractivity contribution in [2.75, 3.05) is 51.2 Å². The van der Waals surface area contributed by atoms with Gasteiger partial charge in [0.1, 0.15) is 5.82 Å². The molecule has 0 bridgehead atoms. The lowest BCUT2D eigenvalue weighted by molar-refractivity contribution is -0.117. The second-order valence-electron chi connectivity index (χ2n) is 7.29. The number of β-amino-alcohol motifs (C(OH)–C–C–N with tert-alkyl or cyclic N) is 1. The molecule has 1 aromatic heterocycles. The fraction of sp³-hybridized carbons (Fsp3) is 0.778. The van der Waals surface area contributed by atoms with Gasteiger partial charge < -0.3 is 10.4 Å². The van der Waals surface area contributed by atoms with Gasteiger partial charge in [0.2, 0.25) is 5.91 Å². The smallest absolute Gasteiger partial charge is 0.239 e. The zero-order chi connectivity index (χ0) is 17.5. The molecule has 2 aliphatic rings. The number of aliphatic hydroxyl groups excluding tert-OH is 1. The van der Waals surface area contributed by atoms with Gasteiger partial charge in [-0.2, -0.15) is 5.10 Å². The van der Waals surface area contributed by atoms with Crippen LogP contribution in [0.1, 0.15) is 32.1 Å². The first-order chi connectivity index (χ1) is 12.2. The lowest BCUT2D eigenvalue weighted by atomic mass is 9.89. The number of aliphatic hydroxyl groups is 1. The summed E-state index contributed by atoms with van der Waals surface area (Å²) in [7, 11) is 0. The van der Waals surface area contributed by atoms with E-state index in [1.807, 2.05) is 10.7 Å². The molecular weight excluding hydrogens is 318 g/mol. The fourth-order valence-corrected chi connectivity index (χ4v) is 3.90. The minimum absolute atomic E-state index is 0.0287. The summed E-state index contributed by atoms with van der Waals surface area (Å²) in [5.41, 5.74) is 0. The van der Waals surface area contributed by atoms with E-state index in [1.54, 1.807) is 6.20 Å². The topological polar surface area (TPSA) is 73.6 Å². The molecule has 1 aromatic rings. The van der Waals surface area contributed by atoms with E-state index >= 15 is 0 Å². The summed E-state index contributed by atoms with van der Waals surface area (Å²) < 4.78 is 1.95. The molecule has 2 heterocycles. The molecule has 140 valence electrons. The van der Waals surface area contributed by atoms with Crippen LogP contribution in [0.2, 0.25) is 0 Å². The van der Waals surface area contributed by atoms with Crippen LogP contribution in [-0.4, -0.2) is 76.5 Å². The summed E-state index contributed by atoms with van der Waals surface area (Å²) in [6.07, 6.45) is 8.29. The van der Waals surface area contributed by atoms with Crippen LogP contribution in [0, 0.1) is 5.92 Å². The number of aromatic nitrogens is 2. The van der Waals surface area contributed by atoms with Gasteiger partial charge in [0, 0.05) is 45.3 Å². The first kappa shape index (κ1) is 18.4. The van der Waals surface area contributed by atoms with Crippen LogP contribution in [0.5, 0.6) is 0 Å². The lowest BCUT2D eigenvalue weighted by Gasteiger charge is -2.33. The summed E-state index contributed by atoms with van der Waals surface area (Å²) in [6, 6.07) is 1.89. The normalized spacial score (nSPS) is 20.7. The van der Waals surface area contributed by atoms with Crippen LogP contribution in [0.4, 0.5) is 5.82 Å². The minimum atomic E-state index is 0.0287. The Labute approximate surface area is 150 Å². The highest BCUT2D eigenvalue weighted by Crippen LogP contribution is 2.25. The molecule has 0 atom stereocenters. The summed E-state index contributed by atoms with van der Waals surface area (Å²) in [5, 5.41) is 16.4. The maximum Gasteiger partial charge on any atom is 0.239 e. The highest BCUT2D eigenvalue weighted by atomic mass is 16.3. The number of carbonyl (C=O) groups is 1. The van der Waals surface area contributed by atoms with Crippen molar-refractivity contribution in [1.82, 2.24) is 19.6 Å². The Hall–Kier alpha value is -1.44. The summed E-state index contributed by atoms with van der Waals surface area (Å²) in [6.45, 7) is 5.81. The first-order valence-electron chi connectivity index (χ1n) is 9.62. The van der Waals surface area contributed by atoms with E-state index in [2.05, 4.69) is 20.2 Å². The van der Waals surface area contributed by atoms with Crippen LogP contribution in [0.25, 0.3) is 0 Å². The van der Waals surface area contributed by atoms with E-state index in [4.69, 9.17) is 5.11 Å². The molecule has 2 N–H and O–H groups in total. The second-order valence-corrected chi connectivity index (χ2v) is 7.29. The van der Waals surface area contributed by atoms with Gasteiger partial charge in [-0.1, -0.05) is 19.3 Å². The molecule has 0 radical (unpaired) electrons. The van der Waals surface area contributed by atoms with E-state index in [-0.39, 0.29) is 12.5 Å². The first-order valence-corrected chi connectivity index (χ1v) is 9.62. The zero-order valence-electron chi connectivity index (χ0n) is 15.1. The van der Waals surface area contributed by atoms with E-state index in [0.717, 1.165) is 45.1 Å². The van der Waals surface area contributed by atoms with Crippen molar-refractivity contribution < 1.29 is 9.90 Å². The maximum absolute atomic E-state index is 12.4. The summed E-state index contributed by atoms with van der Waals surface area (Å²) in [4.78, 5) is 16.8. The van der Waals surface area contributed by atoms with Crippen molar-refractivity contribution >= 4 is 11.7 Å². The second kappa shape index (κ2) is 9.31. The number of nitrogens with one attached hydrogen (secondary N) is 1. The Morgan fingerprint density at radius 2 is 1.88 bits per heavy atom. The molecule has 25 heavy (non-hydrogen) atoms. The quantitative estimate of drug-likeness (QED) is 0.769. The highest BCUT2D eigenvalue weighted by Gasteiger charge is 2.20. The van der Waals surface area contributed by atoms with Gasteiger partial charge in [-0.05, 0) is 18.8 Å². The third-order valence-corrected chi connectivity index (χ3v) is 5.39. The summed E-state index contributed by atoms with van der Waals surface area (Å²) >= 11 is 0. The van der Waals surface area contributed by atoms with Crippen LogP contribution >= 0.6 is 0 Å². The Morgan fingerprint density at radius 3 is 2.60 bits per heavy atom. The van der Waals surface area contributed by atoms with Gasteiger partial charge >= 0.3 is 0 Å².